The molecule has 0 fully saturated rings. The van der Waals surface area contributed by atoms with Crippen molar-refractivity contribution in [1.29, 1.82) is 0 Å². The van der Waals surface area contributed by atoms with E-state index in [1.54, 1.807) is 43.3 Å². The molecule has 0 unspecified atom stereocenters. The van der Waals surface area contributed by atoms with Crippen LogP contribution in [-0.4, -0.2) is 17.5 Å². The third-order valence-electron chi connectivity index (χ3n) is 4.06. The molecule has 3 rings (SSSR count). The van der Waals surface area contributed by atoms with Gasteiger partial charge in [0, 0.05) is 5.56 Å². The molecular formula is C23H21N3O3. The third-order valence-corrected chi connectivity index (χ3v) is 4.06. The van der Waals surface area contributed by atoms with Crippen LogP contribution < -0.4 is 10.7 Å². The lowest BCUT2D eigenvalue weighted by Crippen LogP contribution is -2.33. The SMILES string of the molecule is CC(=NNC(=O)C(=Cc1ccccc1)NC(=O)c1ccccc1)c1ccc(C)o1. The van der Waals surface area contributed by atoms with E-state index in [-0.39, 0.29) is 11.6 Å². The summed E-state index contributed by atoms with van der Waals surface area (Å²) in [6, 6.07) is 21.5. The van der Waals surface area contributed by atoms with Gasteiger partial charge in [-0.25, -0.2) is 5.43 Å². The van der Waals surface area contributed by atoms with Crippen molar-refractivity contribution in [2.45, 2.75) is 13.8 Å². The Morgan fingerprint density at radius 1 is 0.931 bits per heavy atom. The van der Waals surface area contributed by atoms with Gasteiger partial charge in [-0.15, -0.1) is 0 Å². The van der Waals surface area contributed by atoms with Crippen LogP contribution in [0.15, 0.2) is 88.0 Å². The van der Waals surface area contributed by atoms with Gasteiger partial charge in [0.25, 0.3) is 11.8 Å². The zero-order valence-corrected chi connectivity index (χ0v) is 16.2. The molecule has 2 N–H and O–H groups in total. The average Bonchev–Trinajstić information content (AvgIpc) is 3.19. The van der Waals surface area contributed by atoms with Crippen LogP contribution in [0.2, 0.25) is 0 Å². The van der Waals surface area contributed by atoms with E-state index >= 15 is 0 Å². The van der Waals surface area contributed by atoms with Crippen molar-refractivity contribution < 1.29 is 14.0 Å². The Morgan fingerprint density at radius 3 is 2.21 bits per heavy atom. The number of nitrogens with one attached hydrogen (secondary N) is 2. The van der Waals surface area contributed by atoms with Gasteiger partial charge in [0.2, 0.25) is 0 Å². The molecule has 1 aromatic heterocycles. The van der Waals surface area contributed by atoms with Crippen LogP contribution in [0.4, 0.5) is 0 Å². The van der Waals surface area contributed by atoms with Gasteiger partial charge < -0.3 is 9.73 Å². The summed E-state index contributed by atoms with van der Waals surface area (Å²) in [4.78, 5) is 25.3. The average molecular weight is 387 g/mol. The molecule has 2 aromatic carbocycles. The first-order chi connectivity index (χ1) is 14.0. The maximum Gasteiger partial charge on any atom is 0.287 e. The zero-order valence-electron chi connectivity index (χ0n) is 16.2. The lowest BCUT2D eigenvalue weighted by atomic mass is 10.1. The molecule has 2 amide bonds. The largest absolute Gasteiger partial charge is 0.460 e. The van der Waals surface area contributed by atoms with Crippen molar-refractivity contribution in [3.63, 3.8) is 0 Å². The lowest BCUT2D eigenvalue weighted by Gasteiger charge is -2.09. The predicted molar refractivity (Wildman–Crippen MR) is 112 cm³/mol. The highest BCUT2D eigenvalue weighted by Gasteiger charge is 2.15. The van der Waals surface area contributed by atoms with Crippen LogP contribution >= 0.6 is 0 Å². The molecule has 0 atom stereocenters. The minimum Gasteiger partial charge on any atom is -0.460 e. The molecule has 29 heavy (non-hydrogen) atoms. The van der Waals surface area contributed by atoms with Gasteiger partial charge in [-0.1, -0.05) is 48.5 Å². The summed E-state index contributed by atoms with van der Waals surface area (Å²) in [6.07, 6.45) is 1.60. The van der Waals surface area contributed by atoms with E-state index in [1.165, 1.54) is 0 Å². The highest BCUT2D eigenvalue weighted by atomic mass is 16.3. The molecule has 3 aromatic rings. The van der Waals surface area contributed by atoms with Crippen molar-refractivity contribution in [2.75, 3.05) is 0 Å². The van der Waals surface area contributed by atoms with Gasteiger partial charge in [0.15, 0.2) is 0 Å². The van der Waals surface area contributed by atoms with Crippen LogP contribution in [0, 0.1) is 6.92 Å². The smallest absolute Gasteiger partial charge is 0.287 e. The molecule has 0 bridgehead atoms. The van der Waals surface area contributed by atoms with Gasteiger partial charge in [-0.2, -0.15) is 5.10 Å². The van der Waals surface area contributed by atoms with Crippen LogP contribution in [-0.2, 0) is 4.79 Å². The molecule has 0 aliphatic rings. The Hall–Kier alpha value is -3.93. The maximum absolute atomic E-state index is 12.7. The molecule has 146 valence electrons. The first kappa shape index (κ1) is 19.8. The lowest BCUT2D eigenvalue weighted by molar-refractivity contribution is -0.117. The molecule has 0 saturated carbocycles. The number of furan rings is 1. The van der Waals surface area contributed by atoms with E-state index in [4.69, 9.17) is 4.42 Å². The summed E-state index contributed by atoms with van der Waals surface area (Å²) >= 11 is 0. The van der Waals surface area contributed by atoms with Crippen LogP contribution in [0.3, 0.4) is 0 Å². The second-order valence-electron chi connectivity index (χ2n) is 6.34. The number of carbonyl (C=O) groups excluding carboxylic acids is 2. The van der Waals surface area contributed by atoms with Crippen molar-refractivity contribution in [1.82, 2.24) is 10.7 Å². The maximum atomic E-state index is 12.7. The fraction of sp³-hybridized carbons (Fsp3) is 0.0870. The van der Waals surface area contributed by atoms with E-state index in [0.717, 1.165) is 11.3 Å². The standard InChI is InChI=1S/C23H21N3O3/c1-16-13-14-21(29-16)17(2)25-26-23(28)20(15-18-9-5-3-6-10-18)24-22(27)19-11-7-4-8-12-19/h3-15H,1-2H3,(H,24,27)(H,26,28). The van der Waals surface area contributed by atoms with Crippen LogP contribution in [0.1, 0.15) is 34.4 Å². The van der Waals surface area contributed by atoms with E-state index < -0.39 is 5.91 Å². The summed E-state index contributed by atoms with van der Waals surface area (Å²) in [5, 5.41) is 6.75. The topological polar surface area (TPSA) is 83.7 Å². The molecule has 0 aliphatic heterocycles. The van der Waals surface area contributed by atoms with Crippen molar-refractivity contribution in [2.24, 2.45) is 5.10 Å². The Balaban J connectivity index is 1.81. The van der Waals surface area contributed by atoms with Crippen molar-refractivity contribution in [3.05, 3.63) is 101 Å². The van der Waals surface area contributed by atoms with Gasteiger partial charge in [-0.05, 0) is 49.8 Å². The minimum absolute atomic E-state index is 0.0808. The highest BCUT2D eigenvalue weighted by molar-refractivity contribution is 6.06. The molecule has 1 heterocycles. The molecular weight excluding hydrogens is 366 g/mol. The third kappa shape index (κ3) is 5.52. The zero-order chi connectivity index (χ0) is 20.6. The summed E-state index contributed by atoms with van der Waals surface area (Å²) in [5.41, 5.74) is 4.29. The Kier molecular flexibility index (Phi) is 6.37. The fourth-order valence-electron chi connectivity index (χ4n) is 2.54. The number of rotatable bonds is 6. The highest BCUT2D eigenvalue weighted by Crippen LogP contribution is 2.09. The first-order valence-corrected chi connectivity index (χ1v) is 9.07. The van der Waals surface area contributed by atoms with Crippen LogP contribution in [0.5, 0.6) is 0 Å². The molecule has 0 aliphatic carbocycles. The van der Waals surface area contributed by atoms with E-state index in [1.807, 2.05) is 49.4 Å². The van der Waals surface area contributed by atoms with E-state index in [2.05, 4.69) is 15.8 Å². The van der Waals surface area contributed by atoms with Gasteiger partial charge in [-0.3, -0.25) is 9.59 Å². The molecule has 0 spiro atoms. The van der Waals surface area contributed by atoms with Gasteiger partial charge >= 0.3 is 0 Å². The summed E-state index contributed by atoms with van der Waals surface area (Å²) in [7, 11) is 0. The quantitative estimate of drug-likeness (QED) is 0.382. The number of benzene rings is 2. The minimum atomic E-state index is -0.541. The van der Waals surface area contributed by atoms with Gasteiger partial charge in [0.05, 0.1) is 0 Å². The summed E-state index contributed by atoms with van der Waals surface area (Å²) in [5.74, 6) is 0.386. The number of carbonyl (C=O) groups is 2. The summed E-state index contributed by atoms with van der Waals surface area (Å²) < 4.78 is 5.49. The number of nitrogens with zero attached hydrogens (tertiary/aromatic N) is 1. The molecule has 0 radical (unpaired) electrons. The number of hydrogen-bond acceptors (Lipinski definition) is 4. The Morgan fingerprint density at radius 2 is 1.59 bits per heavy atom. The van der Waals surface area contributed by atoms with Crippen LogP contribution in [0.25, 0.3) is 6.08 Å². The van der Waals surface area contributed by atoms with Crippen molar-refractivity contribution in [3.8, 4) is 0 Å². The monoisotopic (exact) mass is 387 g/mol. The number of hydrazone groups is 1. The second-order valence-corrected chi connectivity index (χ2v) is 6.34. The van der Waals surface area contributed by atoms with Crippen molar-refractivity contribution >= 4 is 23.6 Å². The predicted octanol–water partition coefficient (Wildman–Crippen LogP) is 3.90. The van der Waals surface area contributed by atoms with E-state index in [0.29, 0.717) is 17.0 Å². The number of hydrogen-bond donors (Lipinski definition) is 2. The molecule has 0 saturated heterocycles. The molecule has 6 nitrogen and oxygen atoms in total. The summed E-state index contributed by atoms with van der Waals surface area (Å²) in [6.45, 7) is 3.55. The number of aryl methyl sites for hydroxylation is 1. The first-order valence-electron chi connectivity index (χ1n) is 9.07. The Bertz CT molecular complexity index is 1050. The second kappa shape index (κ2) is 9.32. The normalized spacial score (nSPS) is 11.8. The molecule has 6 heteroatoms. The number of amides is 2. The fourth-order valence-corrected chi connectivity index (χ4v) is 2.54. The van der Waals surface area contributed by atoms with Gasteiger partial charge in [0.1, 0.15) is 22.9 Å². The Labute approximate surface area is 168 Å². The van der Waals surface area contributed by atoms with E-state index in [9.17, 15) is 9.59 Å².